The van der Waals surface area contributed by atoms with Crippen molar-refractivity contribution in [2.24, 2.45) is 5.92 Å². The fourth-order valence-corrected chi connectivity index (χ4v) is 1.98. The summed E-state index contributed by atoms with van der Waals surface area (Å²) in [6.45, 7) is 10.5. The van der Waals surface area contributed by atoms with Gasteiger partial charge in [-0.3, -0.25) is 0 Å². The largest absolute Gasteiger partial charge is 0.316 e. The molecule has 0 heterocycles. The van der Waals surface area contributed by atoms with Crippen LogP contribution >= 0.6 is 0 Å². The van der Waals surface area contributed by atoms with Crippen molar-refractivity contribution in [3.63, 3.8) is 0 Å². The van der Waals surface area contributed by atoms with Gasteiger partial charge in [-0.25, -0.2) is 0 Å². The summed E-state index contributed by atoms with van der Waals surface area (Å²) >= 11 is 0. The Bertz CT molecular complexity index is 303. The normalized spacial score (nSPS) is 12.6. The van der Waals surface area contributed by atoms with Crippen molar-refractivity contribution in [2.45, 2.75) is 32.6 Å². The van der Waals surface area contributed by atoms with Crippen LogP contribution in [0.1, 0.15) is 38.2 Å². The van der Waals surface area contributed by atoms with E-state index in [2.05, 4.69) is 56.1 Å². The molecule has 0 spiro atoms. The second kappa shape index (κ2) is 8.08. The zero-order chi connectivity index (χ0) is 12.5. The molecule has 0 saturated carbocycles. The van der Waals surface area contributed by atoms with Crippen LogP contribution in [0.4, 0.5) is 0 Å². The van der Waals surface area contributed by atoms with Gasteiger partial charge in [0.15, 0.2) is 0 Å². The van der Waals surface area contributed by atoms with Crippen LogP contribution in [-0.2, 0) is 0 Å². The van der Waals surface area contributed by atoms with E-state index < -0.39 is 0 Å². The first kappa shape index (κ1) is 14.0. The molecule has 1 aromatic rings. The Balaban J connectivity index is 2.51. The highest BCUT2D eigenvalue weighted by molar-refractivity contribution is 5.19. The van der Waals surface area contributed by atoms with Crippen LogP contribution in [-0.4, -0.2) is 13.1 Å². The molecule has 0 aliphatic carbocycles. The highest BCUT2D eigenvalue weighted by atomic mass is 14.9. The van der Waals surface area contributed by atoms with Gasteiger partial charge in [0.2, 0.25) is 0 Å². The van der Waals surface area contributed by atoms with Gasteiger partial charge >= 0.3 is 0 Å². The van der Waals surface area contributed by atoms with Crippen LogP contribution in [0, 0.1) is 5.92 Å². The van der Waals surface area contributed by atoms with Gasteiger partial charge in [-0.15, -0.1) is 6.58 Å². The van der Waals surface area contributed by atoms with Gasteiger partial charge in [-0.1, -0.05) is 50.3 Å². The minimum Gasteiger partial charge on any atom is -0.316 e. The molecule has 0 saturated heterocycles. The van der Waals surface area contributed by atoms with Crippen LogP contribution in [0.2, 0.25) is 0 Å². The number of hydrogen-bond donors (Lipinski definition) is 1. The van der Waals surface area contributed by atoms with Gasteiger partial charge < -0.3 is 5.32 Å². The summed E-state index contributed by atoms with van der Waals surface area (Å²) in [6, 6.07) is 10.8. The number of allylic oxidation sites excluding steroid dienone is 1. The van der Waals surface area contributed by atoms with Gasteiger partial charge in [-0.05, 0) is 36.8 Å². The fourth-order valence-electron chi connectivity index (χ4n) is 1.98. The molecule has 1 rings (SSSR count). The van der Waals surface area contributed by atoms with E-state index in [0.717, 1.165) is 19.5 Å². The molecule has 0 radical (unpaired) electrons. The van der Waals surface area contributed by atoms with E-state index >= 15 is 0 Å². The summed E-state index contributed by atoms with van der Waals surface area (Å²) in [5, 5.41) is 3.56. The lowest BCUT2D eigenvalue weighted by Crippen LogP contribution is -2.25. The van der Waals surface area contributed by atoms with Crippen molar-refractivity contribution in [1.29, 1.82) is 0 Å². The van der Waals surface area contributed by atoms with Gasteiger partial charge in [-0.2, -0.15) is 0 Å². The monoisotopic (exact) mass is 231 g/mol. The lowest BCUT2D eigenvalue weighted by Gasteiger charge is -2.18. The molecule has 0 amide bonds. The van der Waals surface area contributed by atoms with Crippen LogP contribution in [0.3, 0.4) is 0 Å². The summed E-state index contributed by atoms with van der Waals surface area (Å²) in [5.41, 5.74) is 1.44. The summed E-state index contributed by atoms with van der Waals surface area (Å²) in [5.74, 6) is 1.32. The Hall–Kier alpha value is -1.08. The molecule has 0 fully saturated rings. The third kappa shape index (κ3) is 5.69. The predicted octanol–water partition coefficient (Wildman–Crippen LogP) is 3.98. The van der Waals surface area contributed by atoms with E-state index in [1.165, 1.54) is 12.0 Å². The van der Waals surface area contributed by atoms with Crippen molar-refractivity contribution in [3.8, 4) is 0 Å². The molecule has 0 aliphatic heterocycles. The zero-order valence-electron chi connectivity index (χ0n) is 11.2. The SMILES string of the molecule is C=CCCC(CNCC(C)C)c1ccccc1. The van der Waals surface area contributed by atoms with E-state index in [0.29, 0.717) is 11.8 Å². The highest BCUT2D eigenvalue weighted by Gasteiger charge is 2.09. The van der Waals surface area contributed by atoms with Gasteiger partial charge in [0.1, 0.15) is 0 Å². The molecular weight excluding hydrogens is 206 g/mol. The average Bonchev–Trinajstić information content (AvgIpc) is 2.34. The summed E-state index contributed by atoms with van der Waals surface area (Å²) in [4.78, 5) is 0. The number of rotatable bonds is 8. The fraction of sp³-hybridized carbons (Fsp3) is 0.500. The van der Waals surface area contributed by atoms with Gasteiger partial charge in [0, 0.05) is 6.54 Å². The molecule has 1 atom stereocenters. The Labute approximate surface area is 106 Å². The third-order valence-electron chi connectivity index (χ3n) is 2.93. The maximum atomic E-state index is 3.81. The van der Waals surface area contributed by atoms with Crippen LogP contribution in [0.15, 0.2) is 43.0 Å². The summed E-state index contributed by atoms with van der Waals surface area (Å²) < 4.78 is 0. The first-order valence-corrected chi connectivity index (χ1v) is 6.60. The number of benzene rings is 1. The van der Waals surface area contributed by atoms with E-state index in [-0.39, 0.29) is 0 Å². The van der Waals surface area contributed by atoms with E-state index in [1.807, 2.05) is 6.08 Å². The molecule has 1 nitrogen and oxygen atoms in total. The summed E-state index contributed by atoms with van der Waals surface area (Å²) in [6.07, 6.45) is 4.28. The second-order valence-electron chi connectivity index (χ2n) is 5.03. The Kier molecular flexibility index (Phi) is 6.64. The minimum absolute atomic E-state index is 0.605. The number of nitrogens with one attached hydrogen (secondary N) is 1. The minimum atomic E-state index is 0.605. The predicted molar refractivity (Wildman–Crippen MR) is 76.3 cm³/mol. The van der Waals surface area contributed by atoms with Crippen LogP contribution in [0.25, 0.3) is 0 Å². The zero-order valence-corrected chi connectivity index (χ0v) is 11.2. The molecule has 94 valence electrons. The Morgan fingerprint density at radius 2 is 1.88 bits per heavy atom. The molecule has 1 heteroatoms. The second-order valence-corrected chi connectivity index (χ2v) is 5.03. The smallest absolute Gasteiger partial charge is 0.00203 e. The molecule has 1 N–H and O–H groups in total. The molecule has 1 aromatic carbocycles. The van der Waals surface area contributed by atoms with Crippen molar-refractivity contribution >= 4 is 0 Å². The molecule has 0 aliphatic rings. The quantitative estimate of drug-likeness (QED) is 0.667. The van der Waals surface area contributed by atoms with E-state index in [9.17, 15) is 0 Å². The van der Waals surface area contributed by atoms with Crippen molar-refractivity contribution in [3.05, 3.63) is 48.6 Å². The van der Waals surface area contributed by atoms with Crippen LogP contribution < -0.4 is 5.32 Å². The molecule has 1 unspecified atom stereocenters. The first-order chi connectivity index (χ1) is 8.24. The topological polar surface area (TPSA) is 12.0 Å². The van der Waals surface area contributed by atoms with Crippen LogP contribution in [0.5, 0.6) is 0 Å². The Morgan fingerprint density at radius 3 is 2.47 bits per heavy atom. The highest BCUT2D eigenvalue weighted by Crippen LogP contribution is 2.20. The standard InChI is InChI=1S/C16H25N/c1-4-5-9-16(13-17-12-14(2)3)15-10-7-6-8-11-15/h4,6-8,10-11,14,16-17H,1,5,9,12-13H2,2-3H3. The molecule has 17 heavy (non-hydrogen) atoms. The van der Waals surface area contributed by atoms with E-state index in [1.54, 1.807) is 0 Å². The third-order valence-corrected chi connectivity index (χ3v) is 2.93. The number of hydrogen-bond acceptors (Lipinski definition) is 1. The molecular formula is C16H25N. The molecule has 0 bridgehead atoms. The van der Waals surface area contributed by atoms with Crippen molar-refractivity contribution in [2.75, 3.05) is 13.1 Å². The van der Waals surface area contributed by atoms with Gasteiger partial charge in [0.05, 0.1) is 0 Å². The van der Waals surface area contributed by atoms with Crippen molar-refractivity contribution < 1.29 is 0 Å². The lowest BCUT2D eigenvalue weighted by atomic mass is 9.94. The molecule has 0 aromatic heterocycles. The maximum absolute atomic E-state index is 3.81. The Morgan fingerprint density at radius 1 is 1.18 bits per heavy atom. The maximum Gasteiger partial charge on any atom is 0.00203 e. The first-order valence-electron chi connectivity index (χ1n) is 6.60. The summed E-state index contributed by atoms with van der Waals surface area (Å²) in [7, 11) is 0. The van der Waals surface area contributed by atoms with E-state index in [4.69, 9.17) is 0 Å². The van der Waals surface area contributed by atoms with Gasteiger partial charge in [0.25, 0.3) is 0 Å². The lowest BCUT2D eigenvalue weighted by molar-refractivity contribution is 0.502. The van der Waals surface area contributed by atoms with Crippen molar-refractivity contribution in [1.82, 2.24) is 5.32 Å². The average molecular weight is 231 g/mol.